The number of amides is 1. The summed E-state index contributed by atoms with van der Waals surface area (Å²) in [6.07, 6.45) is 2.80. The van der Waals surface area contributed by atoms with Crippen LogP contribution in [0.5, 0.6) is 0 Å². The van der Waals surface area contributed by atoms with Crippen molar-refractivity contribution in [1.29, 1.82) is 0 Å². The molecular formula is C35H49F3N2O2. The summed E-state index contributed by atoms with van der Waals surface area (Å²) in [7, 11) is 0. The van der Waals surface area contributed by atoms with E-state index in [1.807, 2.05) is 30.3 Å². The number of nitrogens with zero attached hydrogens (tertiary/aromatic N) is 2. The summed E-state index contributed by atoms with van der Waals surface area (Å²) in [5.74, 6) is 0.765. The molecule has 0 aromatic heterocycles. The molecule has 2 aromatic carbocycles. The lowest BCUT2D eigenvalue weighted by Gasteiger charge is -2.49. The van der Waals surface area contributed by atoms with Crippen molar-refractivity contribution in [3.8, 4) is 0 Å². The molecule has 0 spiro atoms. The first-order chi connectivity index (χ1) is 19.8. The zero-order chi connectivity index (χ0) is 30.9. The van der Waals surface area contributed by atoms with Gasteiger partial charge in [-0.15, -0.1) is 0 Å². The second kappa shape index (κ2) is 15.2. The van der Waals surface area contributed by atoms with Gasteiger partial charge in [0.25, 0.3) is 0 Å². The van der Waals surface area contributed by atoms with E-state index in [0.29, 0.717) is 38.4 Å². The first-order valence-corrected chi connectivity index (χ1v) is 15.6. The largest absolute Gasteiger partial charge is 0.416 e. The van der Waals surface area contributed by atoms with E-state index < -0.39 is 11.7 Å². The molecule has 1 heterocycles. The van der Waals surface area contributed by atoms with Crippen molar-refractivity contribution in [2.24, 2.45) is 11.3 Å². The van der Waals surface area contributed by atoms with Crippen molar-refractivity contribution >= 4 is 11.7 Å². The molecule has 1 aliphatic heterocycles. The first kappa shape index (κ1) is 33.8. The molecule has 2 aromatic rings. The van der Waals surface area contributed by atoms with Crippen molar-refractivity contribution in [3.63, 3.8) is 0 Å². The monoisotopic (exact) mass is 586 g/mol. The van der Waals surface area contributed by atoms with Gasteiger partial charge in [-0.1, -0.05) is 95.8 Å². The first-order valence-electron chi connectivity index (χ1n) is 15.6. The fraction of sp³-hybridized carbons (Fsp3) is 0.600. The second-order valence-electron chi connectivity index (χ2n) is 13.1. The number of benzene rings is 2. The molecule has 1 fully saturated rings. The molecule has 7 heteroatoms. The van der Waals surface area contributed by atoms with Crippen molar-refractivity contribution in [2.75, 3.05) is 19.6 Å². The number of Topliss-reactive ketones (excluding diaryl/α,β-unsaturated/α-hetero) is 1. The SMILES string of the molecule is CCCC(CCCCCC(C)=O)CC(=O)N1CCN(C(c2ccccc2)c2ccc(C(F)(F)F)cc2)C[C@@H]1C(C)(C)C. The lowest BCUT2D eigenvalue weighted by Crippen LogP contribution is -2.60. The highest BCUT2D eigenvalue weighted by molar-refractivity contribution is 5.77. The number of hydrogen-bond donors (Lipinski definition) is 0. The quantitative estimate of drug-likeness (QED) is 0.221. The number of hydrogen-bond acceptors (Lipinski definition) is 3. The lowest BCUT2D eigenvalue weighted by molar-refractivity contribution is -0.141. The van der Waals surface area contributed by atoms with Crippen molar-refractivity contribution in [1.82, 2.24) is 9.80 Å². The molecule has 0 N–H and O–H groups in total. The highest BCUT2D eigenvalue weighted by atomic mass is 19.4. The molecule has 0 aliphatic carbocycles. The third-order valence-electron chi connectivity index (χ3n) is 8.57. The lowest BCUT2D eigenvalue weighted by atomic mass is 9.82. The Hall–Kier alpha value is -2.67. The maximum atomic E-state index is 13.8. The van der Waals surface area contributed by atoms with Gasteiger partial charge in [-0.05, 0) is 54.4 Å². The topological polar surface area (TPSA) is 40.6 Å². The molecule has 0 bridgehead atoms. The zero-order valence-corrected chi connectivity index (χ0v) is 26.1. The highest BCUT2D eigenvalue weighted by Gasteiger charge is 2.40. The fourth-order valence-electron chi connectivity index (χ4n) is 6.29. The van der Waals surface area contributed by atoms with E-state index in [4.69, 9.17) is 0 Å². The Morgan fingerprint density at radius 3 is 2.10 bits per heavy atom. The van der Waals surface area contributed by atoms with Crippen LogP contribution in [0.3, 0.4) is 0 Å². The van der Waals surface area contributed by atoms with Gasteiger partial charge in [-0.25, -0.2) is 0 Å². The Labute approximate surface area is 250 Å². The molecule has 0 saturated carbocycles. The summed E-state index contributed by atoms with van der Waals surface area (Å²) in [5, 5.41) is 0. The minimum absolute atomic E-state index is 0.0303. The van der Waals surface area contributed by atoms with E-state index in [-0.39, 0.29) is 29.2 Å². The Kier molecular flexibility index (Phi) is 12.2. The second-order valence-corrected chi connectivity index (χ2v) is 13.1. The number of carbonyl (C=O) groups is 2. The average Bonchev–Trinajstić information content (AvgIpc) is 2.93. The highest BCUT2D eigenvalue weighted by Crippen LogP contribution is 2.37. The molecule has 1 amide bonds. The Bertz CT molecular complexity index is 1130. The van der Waals surface area contributed by atoms with Gasteiger partial charge in [0.15, 0.2) is 0 Å². The molecule has 3 atom stereocenters. The van der Waals surface area contributed by atoms with Crippen LogP contribution in [-0.4, -0.2) is 47.2 Å². The van der Waals surface area contributed by atoms with Crippen molar-refractivity contribution < 1.29 is 22.8 Å². The van der Waals surface area contributed by atoms with Crippen molar-refractivity contribution in [3.05, 3.63) is 71.3 Å². The van der Waals surface area contributed by atoms with Gasteiger partial charge >= 0.3 is 6.18 Å². The predicted octanol–water partition coefficient (Wildman–Crippen LogP) is 8.70. The smallest absolute Gasteiger partial charge is 0.337 e. The van der Waals surface area contributed by atoms with Gasteiger partial charge < -0.3 is 9.69 Å². The van der Waals surface area contributed by atoms with Crippen molar-refractivity contribution in [2.45, 2.75) is 104 Å². The van der Waals surface area contributed by atoms with Crippen LogP contribution in [0.1, 0.15) is 109 Å². The summed E-state index contributed by atoms with van der Waals surface area (Å²) in [5.41, 5.74) is 1.01. The van der Waals surface area contributed by atoms with Crippen LogP contribution in [0.2, 0.25) is 0 Å². The Morgan fingerprint density at radius 1 is 0.881 bits per heavy atom. The number of ketones is 1. The molecule has 4 nitrogen and oxygen atoms in total. The van der Waals surface area contributed by atoms with Crippen LogP contribution in [0.15, 0.2) is 54.6 Å². The molecule has 42 heavy (non-hydrogen) atoms. The van der Waals surface area contributed by atoms with E-state index >= 15 is 0 Å². The van der Waals surface area contributed by atoms with Gasteiger partial charge in [0, 0.05) is 38.5 Å². The third kappa shape index (κ3) is 9.68. The molecule has 232 valence electrons. The van der Waals surface area contributed by atoms with Crippen LogP contribution in [-0.2, 0) is 15.8 Å². The maximum Gasteiger partial charge on any atom is 0.416 e. The van der Waals surface area contributed by atoms with E-state index in [9.17, 15) is 22.8 Å². The van der Waals surface area contributed by atoms with E-state index in [1.165, 1.54) is 12.1 Å². The number of halogens is 3. The number of unbranched alkanes of at least 4 members (excludes halogenated alkanes) is 2. The van der Waals surface area contributed by atoms with E-state index in [1.54, 1.807) is 19.1 Å². The van der Waals surface area contributed by atoms with Gasteiger partial charge in [0.1, 0.15) is 5.78 Å². The minimum atomic E-state index is -4.38. The van der Waals surface area contributed by atoms with Gasteiger partial charge in [0.05, 0.1) is 11.6 Å². The summed E-state index contributed by atoms with van der Waals surface area (Å²) >= 11 is 0. The van der Waals surface area contributed by atoms with E-state index in [0.717, 1.165) is 49.7 Å². The van der Waals surface area contributed by atoms with Crippen LogP contribution >= 0.6 is 0 Å². The van der Waals surface area contributed by atoms with Crippen LogP contribution in [0.25, 0.3) is 0 Å². The Balaban J connectivity index is 1.79. The third-order valence-corrected chi connectivity index (χ3v) is 8.57. The number of carbonyl (C=O) groups excluding carboxylic acids is 2. The normalized spacial score (nSPS) is 18.1. The summed E-state index contributed by atoms with van der Waals surface area (Å²) in [6, 6.07) is 15.2. The summed E-state index contributed by atoms with van der Waals surface area (Å²) < 4.78 is 39.9. The maximum absolute atomic E-state index is 13.8. The standard InChI is InChI=1S/C35H49F3N2O2/c1-6-13-27(15-10-7-9-14-26(2)41)24-32(42)40-23-22-39(25-31(40)34(3,4)5)33(28-16-11-8-12-17-28)29-18-20-30(21-19-29)35(36,37)38/h8,11-12,16-21,27,31,33H,6-7,9-10,13-15,22-25H2,1-5H3/t27?,31-,33?/m1/s1. The van der Waals surface area contributed by atoms with Gasteiger partial charge in [0.2, 0.25) is 5.91 Å². The molecule has 1 saturated heterocycles. The molecular weight excluding hydrogens is 537 g/mol. The number of piperazine rings is 1. The molecule has 2 unspecified atom stereocenters. The average molecular weight is 587 g/mol. The zero-order valence-electron chi connectivity index (χ0n) is 26.1. The minimum Gasteiger partial charge on any atom is -0.337 e. The molecule has 1 aliphatic rings. The van der Waals surface area contributed by atoms with Crippen LogP contribution in [0.4, 0.5) is 13.2 Å². The summed E-state index contributed by atoms with van der Waals surface area (Å²) in [6.45, 7) is 12.1. The van der Waals surface area contributed by atoms with Gasteiger partial charge in [-0.2, -0.15) is 13.2 Å². The molecule has 0 radical (unpaired) electrons. The number of rotatable bonds is 13. The Morgan fingerprint density at radius 2 is 1.52 bits per heavy atom. The summed E-state index contributed by atoms with van der Waals surface area (Å²) in [4.78, 5) is 29.5. The molecule has 3 rings (SSSR count). The fourth-order valence-corrected chi connectivity index (χ4v) is 6.29. The van der Waals surface area contributed by atoms with Gasteiger partial charge in [-0.3, -0.25) is 9.69 Å². The van der Waals surface area contributed by atoms with Crippen LogP contribution in [0, 0.1) is 11.3 Å². The number of alkyl halides is 3. The predicted molar refractivity (Wildman–Crippen MR) is 163 cm³/mol. The van der Waals surface area contributed by atoms with Crippen LogP contribution < -0.4 is 0 Å². The van der Waals surface area contributed by atoms with E-state index in [2.05, 4.69) is 37.5 Å².